The third kappa shape index (κ3) is 3.37. The topological polar surface area (TPSA) is 53.4 Å². The molecule has 1 aliphatic heterocycles. The predicted molar refractivity (Wildman–Crippen MR) is 97.2 cm³/mol. The summed E-state index contributed by atoms with van der Waals surface area (Å²) in [5, 5.41) is 12.6. The van der Waals surface area contributed by atoms with Crippen molar-refractivity contribution in [1.82, 2.24) is 9.88 Å². The van der Waals surface area contributed by atoms with Crippen molar-refractivity contribution in [3.05, 3.63) is 40.9 Å². The summed E-state index contributed by atoms with van der Waals surface area (Å²) in [6.07, 6.45) is 2.72. The second kappa shape index (κ2) is 7.03. The van der Waals surface area contributed by atoms with Gasteiger partial charge in [-0.3, -0.25) is 4.79 Å². The summed E-state index contributed by atoms with van der Waals surface area (Å²) in [4.78, 5) is 19.1. The third-order valence-corrected chi connectivity index (χ3v) is 6.20. The van der Waals surface area contributed by atoms with E-state index in [4.69, 9.17) is 0 Å². The number of aliphatic hydroxyl groups is 1. The number of hydrogen-bond acceptors (Lipinski definition) is 4. The predicted octanol–water partition coefficient (Wildman–Crippen LogP) is 3.74. The first-order valence-electron chi connectivity index (χ1n) is 8.49. The van der Waals surface area contributed by atoms with E-state index in [1.54, 1.807) is 11.3 Å². The van der Waals surface area contributed by atoms with Gasteiger partial charge in [0.05, 0.1) is 0 Å². The summed E-state index contributed by atoms with van der Waals surface area (Å²) < 4.78 is 0. The van der Waals surface area contributed by atoms with Gasteiger partial charge in [-0.2, -0.15) is 0 Å². The van der Waals surface area contributed by atoms with Crippen LogP contribution in [-0.4, -0.2) is 40.6 Å². The zero-order valence-electron chi connectivity index (χ0n) is 14.3. The fourth-order valence-electron chi connectivity index (χ4n) is 3.23. The maximum atomic E-state index is 12.7. The minimum absolute atomic E-state index is 0.00331. The molecule has 1 aromatic heterocycles. The minimum atomic E-state index is 0.00331. The van der Waals surface area contributed by atoms with Crippen molar-refractivity contribution < 1.29 is 9.90 Å². The number of carbonyl (C=O) groups is 1. The zero-order chi connectivity index (χ0) is 17.2. The molecule has 2 aromatic rings. The van der Waals surface area contributed by atoms with E-state index < -0.39 is 0 Å². The molecule has 1 fully saturated rings. The first-order chi connectivity index (χ1) is 11.6. The first kappa shape index (κ1) is 17.1. The summed E-state index contributed by atoms with van der Waals surface area (Å²) >= 11 is 1.62. The number of hydrogen-bond donors (Lipinski definition) is 1. The molecule has 1 N–H and O–H groups in total. The molecule has 0 radical (unpaired) electrons. The number of nitrogens with zero attached hydrogens (tertiary/aromatic N) is 2. The van der Waals surface area contributed by atoms with Crippen molar-refractivity contribution in [3.8, 4) is 10.6 Å². The second-order valence-electron chi connectivity index (χ2n) is 6.68. The summed E-state index contributed by atoms with van der Waals surface area (Å²) in [6.45, 7) is 5.76. The lowest BCUT2D eigenvalue weighted by Gasteiger charge is -2.40. The van der Waals surface area contributed by atoms with E-state index in [9.17, 15) is 9.90 Å². The molecule has 24 heavy (non-hydrogen) atoms. The summed E-state index contributed by atoms with van der Waals surface area (Å²) in [5.74, 6) is 0.0829. The third-order valence-electron chi connectivity index (χ3n) is 5.19. The normalized spacial score (nSPS) is 17.0. The molecule has 2 heterocycles. The van der Waals surface area contributed by atoms with Crippen LogP contribution in [-0.2, 0) is 0 Å². The molecule has 1 aromatic carbocycles. The Bertz CT molecular complexity index is 694. The number of piperidine rings is 1. The lowest BCUT2D eigenvalue weighted by molar-refractivity contribution is 0.0338. The smallest absolute Gasteiger partial charge is 0.253 e. The quantitative estimate of drug-likeness (QED) is 0.919. The van der Waals surface area contributed by atoms with Gasteiger partial charge in [-0.1, -0.05) is 19.1 Å². The monoisotopic (exact) mass is 344 g/mol. The van der Waals surface area contributed by atoms with Gasteiger partial charge in [0.25, 0.3) is 5.91 Å². The molecule has 0 bridgehead atoms. The maximum absolute atomic E-state index is 12.7. The molecule has 1 saturated heterocycles. The average Bonchev–Trinajstić information content (AvgIpc) is 3.08. The van der Waals surface area contributed by atoms with E-state index in [1.165, 1.54) is 0 Å². The Morgan fingerprint density at radius 1 is 1.29 bits per heavy atom. The Hall–Kier alpha value is -1.72. The molecule has 0 saturated carbocycles. The standard InChI is InChI=1S/C19H24N2O2S/c1-3-19(13-22)8-10-21(11-9-19)18(23)16-6-4-15(5-7-16)17-20-14(2)12-24-17/h4-7,12,22H,3,8-11,13H2,1-2H3. The van der Waals surface area contributed by atoms with Crippen LogP contribution in [0.2, 0.25) is 0 Å². The fourth-order valence-corrected chi connectivity index (χ4v) is 4.04. The number of amides is 1. The molecule has 1 amide bonds. The molecule has 128 valence electrons. The van der Waals surface area contributed by atoms with Crippen LogP contribution in [0.1, 0.15) is 42.2 Å². The summed E-state index contributed by atoms with van der Waals surface area (Å²) in [6, 6.07) is 7.73. The molecule has 4 nitrogen and oxygen atoms in total. The van der Waals surface area contributed by atoms with Gasteiger partial charge in [-0.25, -0.2) is 4.98 Å². The molecule has 0 unspecified atom stereocenters. The maximum Gasteiger partial charge on any atom is 0.253 e. The summed E-state index contributed by atoms with van der Waals surface area (Å²) in [5.41, 5.74) is 2.80. The number of aromatic nitrogens is 1. The van der Waals surface area contributed by atoms with E-state index >= 15 is 0 Å². The van der Waals surface area contributed by atoms with Crippen molar-refractivity contribution in [3.63, 3.8) is 0 Å². The van der Waals surface area contributed by atoms with Crippen molar-refractivity contribution >= 4 is 17.2 Å². The highest BCUT2D eigenvalue weighted by atomic mass is 32.1. The lowest BCUT2D eigenvalue weighted by Crippen LogP contribution is -2.44. The van der Waals surface area contributed by atoms with Gasteiger partial charge >= 0.3 is 0 Å². The van der Waals surface area contributed by atoms with Crippen LogP contribution in [0.15, 0.2) is 29.6 Å². The van der Waals surface area contributed by atoms with Crippen molar-refractivity contribution in [2.45, 2.75) is 33.1 Å². The highest BCUT2D eigenvalue weighted by Gasteiger charge is 2.34. The van der Waals surface area contributed by atoms with Gasteiger partial charge in [0.2, 0.25) is 0 Å². The number of carbonyl (C=O) groups excluding carboxylic acids is 1. The SMILES string of the molecule is CCC1(CO)CCN(C(=O)c2ccc(-c3nc(C)cs3)cc2)CC1. The van der Waals surface area contributed by atoms with Crippen molar-refractivity contribution in [1.29, 1.82) is 0 Å². The Morgan fingerprint density at radius 3 is 2.46 bits per heavy atom. The Labute approximate surface area is 147 Å². The van der Waals surface area contributed by atoms with Gasteiger partial charge in [0.15, 0.2) is 0 Å². The first-order valence-corrected chi connectivity index (χ1v) is 9.37. The molecule has 1 aliphatic rings. The second-order valence-corrected chi connectivity index (χ2v) is 7.53. The van der Waals surface area contributed by atoms with Gasteiger partial charge in [0.1, 0.15) is 5.01 Å². The molecule has 3 rings (SSSR count). The number of rotatable bonds is 4. The highest BCUT2D eigenvalue weighted by Crippen LogP contribution is 2.34. The van der Waals surface area contributed by atoms with Crippen molar-refractivity contribution in [2.75, 3.05) is 19.7 Å². The van der Waals surface area contributed by atoms with Crippen LogP contribution < -0.4 is 0 Å². The minimum Gasteiger partial charge on any atom is -0.396 e. The molecular weight excluding hydrogens is 320 g/mol. The van der Waals surface area contributed by atoms with E-state index in [0.29, 0.717) is 0 Å². The number of aryl methyl sites for hydroxylation is 1. The van der Waals surface area contributed by atoms with Crippen LogP contribution in [0.25, 0.3) is 10.6 Å². The average molecular weight is 344 g/mol. The van der Waals surface area contributed by atoms with Gasteiger partial charge in [-0.05, 0) is 43.7 Å². The van der Waals surface area contributed by atoms with E-state index in [1.807, 2.05) is 41.5 Å². The molecular formula is C19H24N2O2S. The molecule has 5 heteroatoms. The van der Waals surface area contributed by atoms with Crippen LogP contribution in [0.4, 0.5) is 0 Å². The zero-order valence-corrected chi connectivity index (χ0v) is 15.1. The van der Waals surface area contributed by atoms with Crippen LogP contribution in [0.5, 0.6) is 0 Å². The van der Waals surface area contributed by atoms with Crippen LogP contribution in [0, 0.1) is 12.3 Å². The van der Waals surface area contributed by atoms with Crippen molar-refractivity contribution in [2.24, 2.45) is 5.41 Å². The Morgan fingerprint density at radius 2 is 1.96 bits per heavy atom. The Kier molecular flexibility index (Phi) is 5.01. The number of benzene rings is 1. The fraction of sp³-hybridized carbons (Fsp3) is 0.474. The molecule has 0 spiro atoms. The Balaban J connectivity index is 1.68. The van der Waals surface area contributed by atoms with E-state index in [-0.39, 0.29) is 17.9 Å². The van der Waals surface area contributed by atoms with Gasteiger partial charge in [-0.15, -0.1) is 11.3 Å². The number of aliphatic hydroxyl groups excluding tert-OH is 1. The van der Waals surface area contributed by atoms with Crippen LogP contribution >= 0.6 is 11.3 Å². The number of thiazole rings is 1. The molecule has 0 atom stereocenters. The van der Waals surface area contributed by atoms with Gasteiger partial charge in [0, 0.05) is 41.9 Å². The number of likely N-dealkylation sites (tertiary alicyclic amines) is 1. The van der Waals surface area contributed by atoms with E-state index in [2.05, 4.69) is 11.9 Å². The lowest BCUT2D eigenvalue weighted by atomic mass is 9.77. The summed E-state index contributed by atoms with van der Waals surface area (Å²) in [7, 11) is 0. The van der Waals surface area contributed by atoms with E-state index in [0.717, 1.165) is 54.2 Å². The highest BCUT2D eigenvalue weighted by molar-refractivity contribution is 7.13. The molecule has 0 aliphatic carbocycles. The van der Waals surface area contributed by atoms with Crippen LogP contribution in [0.3, 0.4) is 0 Å². The van der Waals surface area contributed by atoms with Gasteiger partial charge < -0.3 is 10.0 Å². The largest absolute Gasteiger partial charge is 0.396 e.